The molecule has 0 aromatic heterocycles. The van der Waals surface area contributed by atoms with Crippen LogP contribution >= 0.6 is 0 Å². The van der Waals surface area contributed by atoms with E-state index in [1.54, 1.807) is 0 Å². The molecule has 298 valence electrons. The lowest BCUT2D eigenvalue weighted by Gasteiger charge is -2.50. The molecule has 13 unspecified atom stereocenters. The molecule has 51 heavy (non-hydrogen) atoms. The number of hydrogen-bond acceptors (Lipinski definition) is 10. The summed E-state index contributed by atoms with van der Waals surface area (Å²) in [6, 6.07) is -0.461. The topological polar surface area (TPSA) is 259 Å². The lowest BCUT2D eigenvalue weighted by atomic mass is 9.61. The van der Waals surface area contributed by atoms with Crippen LogP contribution in [0.5, 0.6) is 0 Å². The van der Waals surface area contributed by atoms with Crippen LogP contribution in [0.15, 0.2) is 10.2 Å². The van der Waals surface area contributed by atoms with Crippen LogP contribution in [-0.4, -0.2) is 120 Å². The molecule has 13 atom stereocenters. The summed E-state index contributed by atoms with van der Waals surface area (Å²) in [5, 5.41) is 77.1. The van der Waals surface area contributed by atoms with Crippen molar-refractivity contribution in [3.63, 3.8) is 0 Å². The Hall–Kier alpha value is -2.12. The molecule has 0 saturated heterocycles. The van der Waals surface area contributed by atoms with Gasteiger partial charge in [-0.05, 0) is 60.9 Å². The fourth-order valence-corrected chi connectivity index (χ4v) is 6.97. The molecule has 5 aliphatic carbocycles. The van der Waals surface area contributed by atoms with E-state index in [9.17, 15) is 31.4 Å². The highest BCUT2D eigenvalue weighted by Crippen LogP contribution is 2.54. The van der Waals surface area contributed by atoms with E-state index in [0.717, 1.165) is 6.42 Å². The van der Waals surface area contributed by atoms with E-state index >= 15 is 0 Å². The lowest BCUT2D eigenvalue weighted by Crippen LogP contribution is -2.67. The number of nitrogens with zero attached hydrogens (tertiary/aromatic N) is 6. The normalized spacial score (nSPS) is 44.8. The van der Waals surface area contributed by atoms with Crippen molar-refractivity contribution in [1.82, 2.24) is 0 Å². The third kappa shape index (κ3) is 9.16. The van der Waals surface area contributed by atoms with E-state index in [1.807, 2.05) is 20.8 Å². The Kier molecular flexibility index (Phi) is 16.0. The monoisotopic (exact) mass is 752 g/mol. The Labute approximate surface area is 292 Å². The van der Waals surface area contributed by atoms with Crippen LogP contribution in [0.1, 0.15) is 73.6 Å². The number of aliphatic hydroxyl groups is 8. The average Bonchev–Trinajstić information content (AvgIpc) is 3.09. The van der Waals surface area contributed by atoms with Gasteiger partial charge in [-0.2, -0.15) is 0 Å². The van der Waals surface area contributed by atoms with Crippen LogP contribution in [0.25, 0.3) is 20.9 Å². The zero-order chi connectivity index (χ0) is 40.0. The van der Waals surface area contributed by atoms with Crippen molar-refractivity contribution in [2.24, 2.45) is 51.7 Å². The van der Waals surface area contributed by atoms with Crippen LogP contribution in [0.4, 0.5) is 26.3 Å². The van der Waals surface area contributed by atoms with Crippen molar-refractivity contribution in [1.29, 1.82) is 0 Å². The maximum Gasteiger partial charge on any atom is 0.286 e. The molecule has 5 rings (SSSR count). The molecule has 5 saturated carbocycles. The van der Waals surface area contributed by atoms with Crippen LogP contribution in [-0.2, 0) is 0 Å². The average molecular weight is 753 g/mol. The van der Waals surface area contributed by atoms with E-state index < -0.39 is 77.5 Å². The van der Waals surface area contributed by atoms with Crippen molar-refractivity contribution >= 4 is 0 Å². The first-order valence-electron chi connectivity index (χ1n) is 16.7. The van der Waals surface area contributed by atoms with Gasteiger partial charge >= 0.3 is 0 Å². The largest absolute Gasteiger partial charge is 0.396 e. The van der Waals surface area contributed by atoms with Crippen molar-refractivity contribution < 1.29 is 67.2 Å². The highest BCUT2D eigenvalue weighted by atomic mass is 19.3. The van der Waals surface area contributed by atoms with Gasteiger partial charge in [0.25, 0.3) is 11.8 Å². The second-order valence-electron chi connectivity index (χ2n) is 15.0. The van der Waals surface area contributed by atoms with Gasteiger partial charge in [-0.15, -0.1) is 0 Å². The number of hydrogen-bond donors (Lipinski definition) is 8. The van der Waals surface area contributed by atoms with Gasteiger partial charge in [-0.25, -0.2) is 26.3 Å². The van der Waals surface area contributed by atoms with Gasteiger partial charge in [0.15, 0.2) is 5.67 Å². The summed E-state index contributed by atoms with van der Waals surface area (Å²) in [5.74, 6) is -10.7. The predicted octanol–water partition coefficient (Wildman–Crippen LogP) is 4.17. The second kappa shape index (κ2) is 17.3. The minimum Gasteiger partial charge on any atom is -0.396 e. The first-order valence-corrected chi connectivity index (χ1v) is 16.7. The summed E-state index contributed by atoms with van der Waals surface area (Å²) in [7, 11) is 0. The summed E-state index contributed by atoms with van der Waals surface area (Å²) in [4.78, 5) is 5.40. The molecule has 0 spiro atoms. The molecule has 0 aromatic rings. The van der Waals surface area contributed by atoms with Gasteiger partial charge in [-0.3, -0.25) is 0 Å². The SMILES string of the molecule is CC1CC(CO)C1(C)N=[N+]=[N-].CC1CC(CO)C1(F)F.CC1CC(F)(CO)C1(F)F.CC1CC(O)(CO)C1(O)F.CC1CC(O)(CO)C1N=[N+]=[N-]. The Morgan fingerprint density at radius 2 is 1.20 bits per heavy atom. The standard InChI is InChI=1S/C7H13N3O.C6H9F3O.C6H10F2O.C6H11FO3.C6H11N3O2/c1-5-3-6(4-11)7(5,2)9-10-8;1-4-2-5(7,3-10)6(4,8)9;1-4-2-5(3-9)6(4,7)8;1-4-2-5(9,3-8)6(4,7)10;1-4-2-6(11,3-10)5(4)8-9-7/h5-6,11H,3-4H2,1-2H3;4,10H,2-3H2,1H3;4-5,9H,2-3H2,1H3;4,8-10H,2-3H2,1H3;4-5,10-11H,2-3H2,1H3. The van der Waals surface area contributed by atoms with Crippen molar-refractivity contribution in [2.45, 2.75) is 120 Å². The van der Waals surface area contributed by atoms with E-state index in [0.29, 0.717) is 18.8 Å². The molecular formula is C31H54F6N6O8. The Bertz CT molecular complexity index is 1210. The molecule has 0 aliphatic heterocycles. The number of azide groups is 2. The third-order valence-corrected chi connectivity index (χ3v) is 11.5. The quantitative estimate of drug-likeness (QED) is 0.0808. The number of aliphatic hydroxyl groups excluding tert-OH is 5. The van der Waals surface area contributed by atoms with Gasteiger partial charge in [0.1, 0.15) is 5.60 Å². The minimum absolute atomic E-state index is 0.108. The van der Waals surface area contributed by atoms with Gasteiger partial charge in [-0.1, -0.05) is 51.8 Å². The van der Waals surface area contributed by atoms with Crippen LogP contribution in [0, 0.1) is 41.4 Å². The van der Waals surface area contributed by atoms with Crippen molar-refractivity contribution in [3.05, 3.63) is 20.9 Å². The highest BCUT2D eigenvalue weighted by molar-refractivity contribution is 5.08. The van der Waals surface area contributed by atoms with Gasteiger partial charge < -0.3 is 40.9 Å². The van der Waals surface area contributed by atoms with Crippen molar-refractivity contribution in [2.75, 3.05) is 33.0 Å². The summed E-state index contributed by atoms with van der Waals surface area (Å²) >= 11 is 0. The zero-order valence-electron chi connectivity index (χ0n) is 29.7. The molecule has 5 fully saturated rings. The molecule has 5 aliphatic rings. The summed E-state index contributed by atoms with van der Waals surface area (Å²) in [5.41, 5.74) is 10.3. The van der Waals surface area contributed by atoms with Crippen LogP contribution < -0.4 is 0 Å². The molecule has 0 heterocycles. The van der Waals surface area contributed by atoms with Crippen LogP contribution in [0.2, 0.25) is 0 Å². The first-order chi connectivity index (χ1) is 23.2. The van der Waals surface area contributed by atoms with Gasteiger partial charge in [0.2, 0.25) is 5.85 Å². The first kappa shape index (κ1) is 46.9. The molecule has 0 aromatic carbocycles. The molecule has 8 N–H and O–H groups in total. The Morgan fingerprint density at radius 3 is 1.41 bits per heavy atom. The maximum absolute atomic E-state index is 12.8. The molecular weight excluding hydrogens is 698 g/mol. The molecule has 0 bridgehead atoms. The molecule has 14 nitrogen and oxygen atoms in total. The second-order valence-corrected chi connectivity index (χ2v) is 15.0. The van der Waals surface area contributed by atoms with E-state index in [4.69, 9.17) is 46.8 Å². The Morgan fingerprint density at radius 1 is 0.667 bits per heavy atom. The predicted molar refractivity (Wildman–Crippen MR) is 171 cm³/mol. The number of rotatable bonds is 7. The lowest BCUT2D eigenvalue weighted by molar-refractivity contribution is -0.333. The van der Waals surface area contributed by atoms with Crippen molar-refractivity contribution in [3.8, 4) is 0 Å². The molecule has 0 amide bonds. The Balaban J connectivity index is 0.000000319. The summed E-state index contributed by atoms with van der Waals surface area (Å²) < 4.78 is 75.2. The fourth-order valence-electron chi connectivity index (χ4n) is 6.97. The van der Waals surface area contributed by atoms with Gasteiger partial charge in [0, 0.05) is 40.1 Å². The van der Waals surface area contributed by atoms with E-state index in [2.05, 4.69) is 20.1 Å². The van der Waals surface area contributed by atoms with E-state index in [-0.39, 0.29) is 50.0 Å². The smallest absolute Gasteiger partial charge is 0.286 e. The minimum atomic E-state index is -3.33. The van der Waals surface area contributed by atoms with Crippen LogP contribution in [0.3, 0.4) is 0 Å². The maximum atomic E-state index is 12.8. The zero-order valence-corrected chi connectivity index (χ0v) is 29.7. The fraction of sp³-hybridized carbons (Fsp3) is 1.00. The summed E-state index contributed by atoms with van der Waals surface area (Å²) in [6.45, 7) is 7.68. The summed E-state index contributed by atoms with van der Waals surface area (Å²) in [6.07, 6.45) is 1.80. The third-order valence-electron chi connectivity index (χ3n) is 11.5. The molecule has 20 heteroatoms. The van der Waals surface area contributed by atoms with E-state index in [1.165, 1.54) is 20.8 Å². The molecule has 0 radical (unpaired) electrons. The van der Waals surface area contributed by atoms with Gasteiger partial charge in [0.05, 0.1) is 43.6 Å². The number of halogens is 6. The number of alkyl halides is 6. The highest BCUT2D eigenvalue weighted by Gasteiger charge is 2.68.